The van der Waals surface area contributed by atoms with Gasteiger partial charge >= 0.3 is 5.69 Å². The van der Waals surface area contributed by atoms with Gasteiger partial charge in [0.25, 0.3) is 5.56 Å². The third-order valence-electron chi connectivity index (χ3n) is 3.21. The van der Waals surface area contributed by atoms with Gasteiger partial charge in [0.2, 0.25) is 5.91 Å². The summed E-state index contributed by atoms with van der Waals surface area (Å²) in [5.74, 6) is -0.374. The predicted molar refractivity (Wildman–Crippen MR) is 92.9 cm³/mol. The second kappa shape index (κ2) is 7.94. The lowest BCUT2D eigenvalue weighted by Gasteiger charge is -2.03. The maximum atomic E-state index is 11.8. The first-order chi connectivity index (χ1) is 11.4. The minimum Gasteiger partial charge on any atom is -0.311 e. The molecule has 24 heavy (non-hydrogen) atoms. The fraction of sp³-hybridized carbons (Fsp3) is 0.200. The Morgan fingerprint density at radius 1 is 1.29 bits per heavy atom. The first-order valence-electron chi connectivity index (χ1n) is 6.96. The van der Waals surface area contributed by atoms with E-state index in [1.807, 2.05) is 0 Å². The van der Waals surface area contributed by atoms with Crippen LogP contribution in [0.3, 0.4) is 0 Å². The summed E-state index contributed by atoms with van der Waals surface area (Å²) in [6, 6.07) is 4.89. The van der Waals surface area contributed by atoms with Crippen LogP contribution in [-0.2, 0) is 11.2 Å². The molecule has 9 heteroatoms. The lowest BCUT2D eigenvalue weighted by Crippen LogP contribution is -2.28. The van der Waals surface area contributed by atoms with Gasteiger partial charge in [-0.15, -0.1) is 0 Å². The maximum Gasteiger partial charge on any atom is 0.325 e. The number of carbonyl (C=O) groups is 1. The van der Waals surface area contributed by atoms with Gasteiger partial charge in [-0.3, -0.25) is 14.6 Å². The Labute approximate surface area is 146 Å². The Morgan fingerprint density at radius 2 is 2.04 bits per heavy atom. The number of nitrogens with zero attached hydrogens (tertiary/aromatic N) is 1. The van der Waals surface area contributed by atoms with Crippen LogP contribution in [0.1, 0.15) is 23.2 Å². The highest BCUT2D eigenvalue weighted by molar-refractivity contribution is 6.36. The number of carbonyl (C=O) groups excluding carboxylic acids is 1. The molecule has 0 atom stereocenters. The van der Waals surface area contributed by atoms with Crippen LogP contribution >= 0.6 is 23.2 Å². The Morgan fingerprint density at radius 3 is 2.71 bits per heavy atom. The summed E-state index contributed by atoms with van der Waals surface area (Å²) >= 11 is 11.8. The molecule has 1 aromatic heterocycles. The molecular weight excluding hydrogens is 355 g/mol. The highest BCUT2D eigenvalue weighted by atomic mass is 35.5. The number of rotatable bonds is 5. The summed E-state index contributed by atoms with van der Waals surface area (Å²) in [5.41, 5.74) is 2.67. The zero-order valence-electron chi connectivity index (χ0n) is 12.7. The summed E-state index contributed by atoms with van der Waals surface area (Å²) in [7, 11) is 0. The van der Waals surface area contributed by atoms with Crippen molar-refractivity contribution >= 4 is 35.3 Å². The zero-order chi connectivity index (χ0) is 17.7. The molecular formula is C15H14Cl2N4O3. The molecule has 0 aliphatic carbocycles. The molecule has 3 N–H and O–H groups in total. The van der Waals surface area contributed by atoms with E-state index in [0.717, 1.165) is 0 Å². The molecule has 1 aromatic carbocycles. The molecule has 0 unspecified atom stereocenters. The molecule has 0 spiro atoms. The second-order valence-corrected chi connectivity index (χ2v) is 5.81. The molecule has 7 nitrogen and oxygen atoms in total. The zero-order valence-corrected chi connectivity index (χ0v) is 14.2. The van der Waals surface area contributed by atoms with Crippen molar-refractivity contribution in [2.45, 2.75) is 19.8 Å². The van der Waals surface area contributed by atoms with Gasteiger partial charge in [0.15, 0.2) is 0 Å². The first kappa shape index (κ1) is 18.0. The molecule has 0 aliphatic rings. The van der Waals surface area contributed by atoms with Crippen molar-refractivity contribution in [3.8, 4) is 0 Å². The van der Waals surface area contributed by atoms with Gasteiger partial charge in [0, 0.05) is 28.3 Å². The predicted octanol–water partition coefficient (Wildman–Crippen LogP) is 1.76. The molecule has 0 fully saturated rings. The average Bonchev–Trinajstić information content (AvgIpc) is 2.48. The number of hydrazone groups is 1. The van der Waals surface area contributed by atoms with E-state index in [2.05, 4.69) is 20.5 Å². The molecule has 0 saturated heterocycles. The highest BCUT2D eigenvalue weighted by Gasteiger charge is 2.08. The Balaban J connectivity index is 1.93. The number of aromatic amines is 2. The van der Waals surface area contributed by atoms with Crippen LogP contribution in [0, 0.1) is 6.92 Å². The van der Waals surface area contributed by atoms with E-state index in [4.69, 9.17) is 23.2 Å². The van der Waals surface area contributed by atoms with Crippen LogP contribution in [0.4, 0.5) is 0 Å². The Kier molecular flexibility index (Phi) is 5.94. The number of aromatic nitrogens is 2. The monoisotopic (exact) mass is 368 g/mol. The van der Waals surface area contributed by atoms with Gasteiger partial charge < -0.3 is 4.98 Å². The summed E-state index contributed by atoms with van der Waals surface area (Å²) in [4.78, 5) is 39.2. The van der Waals surface area contributed by atoms with Crippen molar-refractivity contribution in [3.63, 3.8) is 0 Å². The molecule has 2 rings (SSSR count). The summed E-state index contributed by atoms with van der Waals surface area (Å²) in [6.07, 6.45) is 1.62. The highest BCUT2D eigenvalue weighted by Crippen LogP contribution is 2.19. The maximum absolute atomic E-state index is 11.8. The van der Waals surface area contributed by atoms with E-state index in [1.165, 1.54) is 6.21 Å². The van der Waals surface area contributed by atoms with Crippen LogP contribution in [0.5, 0.6) is 0 Å². The minimum atomic E-state index is -0.574. The van der Waals surface area contributed by atoms with Crippen molar-refractivity contribution in [1.29, 1.82) is 0 Å². The number of benzene rings is 1. The molecule has 0 bridgehead atoms. The Bertz CT molecular complexity index is 902. The molecule has 126 valence electrons. The van der Waals surface area contributed by atoms with Crippen molar-refractivity contribution in [3.05, 3.63) is 65.9 Å². The van der Waals surface area contributed by atoms with Gasteiger partial charge in [0.05, 0.1) is 11.2 Å². The van der Waals surface area contributed by atoms with Gasteiger partial charge in [-0.05, 0) is 25.5 Å². The number of amides is 1. The quantitative estimate of drug-likeness (QED) is 0.552. The van der Waals surface area contributed by atoms with E-state index in [-0.39, 0.29) is 18.7 Å². The second-order valence-electron chi connectivity index (χ2n) is 4.97. The van der Waals surface area contributed by atoms with E-state index in [0.29, 0.717) is 26.9 Å². The molecule has 2 aromatic rings. The van der Waals surface area contributed by atoms with Crippen molar-refractivity contribution in [2.24, 2.45) is 5.10 Å². The topological polar surface area (TPSA) is 107 Å². The summed E-state index contributed by atoms with van der Waals surface area (Å²) in [5, 5.41) is 4.72. The van der Waals surface area contributed by atoms with Gasteiger partial charge in [-0.2, -0.15) is 5.10 Å². The molecule has 1 heterocycles. The van der Waals surface area contributed by atoms with Crippen LogP contribution < -0.4 is 16.7 Å². The van der Waals surface area contributed by atoms with Crippen LogP contribution in [-0.4, -0.2) is 22.1 Å². The van der Waals surface area contributed by atoms with Crippen LogP contribution in [0.15, 0.2) is 32.9 Å². The summed E-state index contributed by atoms with van der Waals surface area (Å²) in [6.45, 7) is 1.60. The molecule has 1 amide bonds. The fourth-order valence-corrected chi connectivity index (χ4v) is 2.46. The van der Waals surface area contributed by atoms with Crippen LogP contribution in [0.25, 0.3) is 0 Å². The third-order valence-corrected chi connectivity index (χ3v) is 3.77. The average molecular weight is 369 g/mol. The normalized spacial score (nSPS) is 11.0. The first-order valence-corrected chi connectivity index (χ1v) is 7.71. The third kappa shape index (κ3) is 4.81. The van der Waals surface area contributed by atoms with E-state index < -0.39 is 11.2 Å². The number of hydrogen-bond donors (Lipinski definition) is 3. The van der Waals surface area contributed by atoms with E-state index in [9.17, 15) is 14.4 Å². The molecule has 0 radical (unpaired) electrons. The SMILES string of the molecule is Cc1[nH]c(=O)[nH]c(=O)c1CCC(=O)N/N=C/c1ccc(Cl)cc1Cl. The number of H-pyrrole nitrogens is 2. The molecule has 0 aliphatic heterocycles. The van der Waals surface area contributed by atoms with E-state index in [1.54, 1.807) is 25.1 Å². The standard InChI is InChI=1S/C15H14Cl2N4O3/c1-8-11(14(23)20-15(24)19-8)4-5-13(22)21-18-7-9-2-3-10(16)6-12(9)17/h2-3,6-7H,4-5H2,1H3,(H,21,22)(H2,19,20,23,24)/b18-7+. The smallest absolute Gasteiger partial charge is 0.311 e. The number of halogens is 2. The number of aryl methyl sites for hydroxylation is 1. The Hall–Kier alpha value is -2.38. The minimum absolute atomic E-state index is 0.0433. The van der Waals surface area contributed by atoms with E-state index >= 15 is 0 Å². The largest absolute Gasteiger partial charge is 0.325 e. The van der Waals surface area contributed by atoms with Gasteiger partial charge in [-0.25, -0.2) is 10.2 Å². The van der Waals surface area contributed by atoms with Crippen molar-refractivity contribution in [1.82, 2.24) is 15.4 Å². The molecule has 0 saturated carbocycles. The van der Waals surface area contributed by atoms with Crippen molar-refractivity contribution in [2.75, 3.05) is 0 Å². The van der Waals surface area contributed by atoms with Crippen molar-refractivity contribution < 1.29 is 4.79 Å². The lowest BCUT2D eigenvalue weighted by atomic mass is 10.1. The van der Waals surface area contributed by atoms with Gasteiger partial charge in [0.1, 0.15) is 0 Å². The number of hydrogen-bond acceptors (Lipinski definition) is 4. The lowest BCUT2D eigenvalue weighted by molar-refractivity contribution is -0.121. The fourth-order valence-electron chi connectivity index (χ4n) is 2.00. The van der Waals surface area contributed by atoms with Crippen LogP contribution in [0.2, 0.25) is 10.0 Å². The number of nitrogens with one attached hydrogen (secondary N) is 3. The summed E-state index contributed by atoms with van der Waals surface area (Å²) < 4.78 is 0. The van der Waals surface area contributed by atoms with Gasteiger partial charge in [-0.1, -0.05) is 29.3 Å².